The number of aromatic nitrogens is 1. The number of nitrogens with zero attached hydrogens (tertiary/aromatic N) is 2. The Morgan fingerprint density at radius 2 is 1.88 bits per heavy atom. The lowest BCUT2D eigenvalue weighted by molar-refractivity contribution is 0.326. The SMILES string of the molecule is CCOc1nc(-c2ccc(Cl)cc2)cc(-c2cccc(Br)c2)c1C#N. The summed E-state index contributed by atoms with van der Waals surface area (Å²) in [5, 5.41) is 10.3. The van der Waals surface area contributed by atoms with Gasteiger partial charge in [-0.1, -0.05) is 51.8 Å². The van der Waals surface area contributed by atoms with E-state index < -0.39 is 0 Å². The maximum Gasteiger partial charge on any atom is 0.232 e. The van der Waals surface area contributed by atoms with Gasteiger partial charge >= 0.3 is 0 Å². The minimum atomic E-state index is 0.340. The fourth-order valence-electron chi connectivity index (χ4n) is 2.52. The predicted octanol–water partition coefficient (Wildman–Crippen LogP) is 6.10. The molecule has 1 aromatic heterocycles. The summed E-state index contributed by atoms with van der Waals surface area (Å²) >= 11 is 9.46. The number of ether oxygens (including phenoxy) is 1. The van der Waals surface area contributed by atoms with Crippen LogP contribution in [0.1, 0.15) is 12.5 Å². The Morgan fingerprint density at radius 1 is 1.12 bits per heavy atom. The molecule has 5 heteroatoms. The first kappa shape index (κ1) is 17.5. The molecule has 0 atom stereocenters. The van der Waals surface area contributed by atoms with Crippen molar-refractivity contribution in [2.45, 2.75) is 6.92 Å². The van der Waals surface area contributed by atoms with Crippen molar-refractivity contribution in [1.29, 1.82) is 5.26 Å². The number of nitriles is 1. The molecule has 1 heterocycles. The monoisotopic (exact) mass is 412 g/mol. The lowest BCUT2D eigenvalue weighted by Gasteiger charge is -2.13. The van der Waals surface area contributed by atoms with Crippen LogP contribution in [0.15, 0.2) is 59.1 Å². The van der Waals surface area contributed by atoms with E-state index in [1.165, 1.54) is 0 Å². The van der Waals surface area contributed by atoms with Crippen LogP contribution in [-0.2, 0) is 0 Å². The fraction of sp³-hybridized carbons (Fsp3) is 0.100. The molecule has 0 aliphatic carbocycles. The Kier molecular flexibility index (Phi) is 5.37. The van der Waals surface area contributed by atoms with Gasteiger partial charge in [0.1, 0.15) is 11.6 Å². The van der Waals surface area contributed by atoms with E-state index in [2.05, 4.69) is 27.0 Å². The van der Waals surface area contributed by atoms with Crippen LogP contribution in [0.5, 0.6) is 5.88 Å². The van der Waals surface area contributed by atoms with Crippen molar-refractivity contribution in [3.63, 3.8) is 0 Å². The van der Waals surface area contributed by atoms with E-state index in [0.29, 0.717) is 23.1 Å². The van der Waals surface area contributed by atoms with E-state index in [0.717, 1.165) is 26.9 Å². The van der Waals surface area contributed by atoms with Crippen LogP contribution in [0.2, 0.25) is 5.02 Å². The lowest BCUT2D eigenvalue weighted by Crippen LogP contribution is -2.01. The smallest absolute Gasteiger partial charge is 0.232 e. The van der Waals surface area contributed by atoms with Crippen LogP contribution >= 0.6 is 27.5 Å². The zero-order valence-corrected chi connectivity index (χ0v) is 15.8. The largest absolute Gasteiger partial charge is 0.477 e. The zero-order chi connectivity index (χ0) is 17.8. The van der Waals surface area contributed by atoms with Gasteiger partial charge in [-0.05, 0) is 42.8 Å². The lowest BCUT2D eigenvalue weighted by atomic mass is 9.99. The second-order valence-corrected chi connectivity index (χ2v) is 6.65. The third-order valence-corrected chi connectivity index (χ3v) is 4.40. The summed E-state index contributed by atoms with van der Waals surface area (Å²) < 4.78 is 6.58. The van der Waals surface area contributed by atoms with Gasteiger partial charge in [-0.25, -0.2) is 4.98 Å². The molecule has 3 nitrogen and oxygen atoms in total. The maximum atomic E-state index is 9.66. The van der Waals surface area contributed by atoms with Crippen molar-refractivity contribution in [2.24, 2.45) is 0 Å². The first-order valence-electron chi connectivity index (χ1n) is 7.72. The van der Waals surface area contributed by atoms with Crippen molar-refractivity contribution in [3.8, 4) is 34.3 Å². The zero-order valence-electron chi connectivity index (χ0n) is 13.5. The molecule has 124 valence electrons. The molecule has 0 amide bonds. The third-order valence-electron chi connectivity index (χ3n) is 3.65. The number of hydrogen-bond acceptors (Lipinski definition) is 3. The van der Waals surface area contributed by atoms with Crippen molar-refractivity contribution < 1.29 is 4.74 Å². The van der Waals surface area contributed by atoms with Crippen molar-refractivity contribution in [1.82, 2.24) is 4.98 Å². The summed E-state index contributed by atoms with van der Waals surface area (Å²) in [6.07, 6.45) is 0. The second kappa shape index (κ2) is 7.69. The highest BCUT2D eigenvalue weighted by Gasteiger charge is 2.16. The molecule has 0 spiro atoms. The molecule has 3 rings (SSSR count). The highest BCUT2D eigenvalue weighted by atomic mass is 79.9. The molecule has 0 unspecified atom stereocenters. The van der Waals surface area contributed by atoms with E-state index in [1.807, 2.05) is 61.5 Å². The van der Waals surface area contributed by atoms with Gasteiger partial charge < -0.3 is 4.74 Å². The van der Waals surface area contributed by atoms with E-state index in [-0.39, 0.29) is 0 Å². The summed E-state index contributed by atoms with van der Waals surface area (Å²) in [6, 6.07) is 19.4. The molecular weight excluding hydrogens is 400 g/mol. The molecule has 2 aromatic carbocycles. The number of hydrogen-bond donors (Lipinski definition) is 0. The van der Waals surface area contributed by atoms with Crippen LogP contribution in [0.4, 0.5) is 0 Å². The van der Waals surface area contributed by atoms with Gasteiger partial charge in [0.15, 0.2) is 0 Å². The first-order chi connectivity index (χ1) is 12.1. The maximum absolute atomic E-state index is 9.66. The highest BCUT2D eigenvalue weighted by molar-refractivity contribution is 9.10. The molecule has 0 radical (unpaired) electrons. The summed E-state index contributed by atoms with van der Waals surface area (Å²) in [6.45, 7) is 2.31. The molecule has 0 N–H and O–H groups in total. The Balaban J connectivity index is 2.24. The van der Waals surface area contributed by atoms with E-state index >= 15 is 0 Å². The molecule has 0 fully saturated rings. The minimum Gasteiger partial charge on any atom is -0.477 e. The topological polar surface area (TPSA) is 45.9 Å². The molecule has 3 aromatic rings. The Morgan fingerprint density at radius 3 is 2.52 bits per heavy atom. The van der Waals surface area contributed by atoms with E-state index in [1.54, 1.807) is 0 Å². The minimum absolute atomic E-state index is 0.340. The van der Waals surface area contributed by atoms with Crippen LogP contribution < -0.4 is 4.74 Å². The standard InChI is InChI=1S/C20H14BrClN2O/c1-2-25-20-18(12-23)17(14-4-3-5-15(21)10-14)11-19(24-20)13-6-8-16(22)9-7-13/h3-11H,2H2,1H3. The summed E-state index contributed by atoms with van der Waals surface area (Å²) in [7, 11) is 0. The molecule has 0 bridgehead atoms. The Labute approximate surface area is 160 Å². The number of pyridine rings is 1. The van der Waals surface area contributed by atoms with Gasteiger partial charge in [0.2, 0.25) is 5.88 Å². The Bertz CT molecular complexity index is 949. The number of rotatable bonds is 4. The summed E-state index contributed by atoms with van der Waals surface area (Å²) in [5.74, 6) is 0.340. The quantitative estimate of drug-likeness (QED) is 0.519. The van der Waals surface area contributed by atoms with Crippen LogP contribution in [0.25, 0.3) is 22.4 Å². The molecular formula is C20H14BrClN2O. The summed E-state index contributed by atoms with van der Waals surface area (Å²) in [4.78, 5) is 4.54. The normalized spacial score (nSPS) is 10.3. The van der Waals surface area contributed by atoms with Crippen LogP contribution in [-0.4, -0.2) is 11.6 Å². The molecule has 0 aliphatic rings. The predicted molar refractivity (Wildman–Crippen MR) is 104 cm³/mol. The molecule has 0 saturated heterocycles. The fourth-order valence-corrected chi connectivity index (χ4v) is 3.05. The highest BCUT2D eigenvalue weighted by Crippen LogP contribution is 2.34. The van der Waals surface area contributed by atoms with Crippen molar-refractivity contribution in [3.05, 3.63) is 69.7 Å². The third kappa shape index (κ3) is 3.84. The Hall–Kier alpha value is -2.35. The van der Waals surface area contributed by atoms with Crippen molar-refractivity contribution >= 4 is 27.5 Å². The number of halogens is 2. The van der Waals surface area contributed by atoms with Crippen LogP contribution in [0.3, 0.4) is 0 Å². The van der Waals surface area contributed by atoms with Gasteiger partial charge in [0.25, 0.3) is 0 Å². The van der Waals surface area contributed by atoms with E-state index in [9.17, 15) is 5.26 Å². The van der Waals surface area contributed by atoms with E-state index in [4.69, 9.17) is 16.3 Å². The molecule has 0 aliphatic heterocycles. The number of benzene rings is 2. The van der Waals surface area contributed by atoms with Crippen LogP contribution in [0, 0.1) is 11.3 Å². The van der Waals surface area contributed by atoms with Gasteiger partial charge in [0, 0.05) is 20.6 Å². The molecule has 25 heavy (non-hydrogen) atoms. The van der Waals surface area contributed by atoms with Gasteiger partial charge in [-0.3, -0.25) is 0 Å². The second-order valence-electron chi connectivity index (χ2n) is 5.30. The average Bonchev–Trinajstić information content (AvgIpc) is 2.62. The van der Waals surface area contributed by atoms with Gasteiger partial charge in [-0.2, -0.15) is 5.26 Å². The van der Waals surface area contributed by atoms with Gasteiger partial charge in [0.05, 0.1) is 12.3 Å². The first-order valence-corrected chi connectivity index (χ1v) is 8.89. The molecule has 0 saturated carbocycles. The average molecular weight is 414 g/mol. The van der Waals surface area contributed by atoms with Crippen molar-refractivity contribution in [2.75, 3.05) is 6.61 Å². The summed E-state index contributed by atoms with van der Waals surface area (Å²) in [5.41, 5.74) is 3.77. The van der Waals surface area contributed by atoms with Gasteiger partial charge in [-0.15, -0.1) is 0 Å².